The predicted octanol–water partition coefficient (Wildman–Crippen LogP) is 3.60. The van der Waals surface area contributed by atoms with Gasteiger partial charge in [0.2, 0.25) is 5.91 Å². The fourth-order valence-electron chi connectivity index (χ4n) is 3.57. The van der Waals surface area contributed by atoms with Crippen molar-refractivity contribution in [3.8, 4) is 0 Å². The molecule has 118 valence electrons. The molecule has 1 heterocycles. The van der Waals surface area contributed by atoms with E-state index in [0.29, 0.717) is 12.5 Å². The summed E-state index contributed by atoms with van der Waals surface area (Å²) >= 11 is 0. The summed E-state index contributed by atoms with van der Waals surface area (Å²) in [5.41, 5.74) is 2.58. The van der Waals surface area contributed by atoms with Crippen molar-refractivity contribution in [1.82, 2.24) is 4.90 Å². The molecular formula is C19H26N2O. The molecule has 1 fully saturated rings. The quantitative estimate of drug-likeness (QED) is 0.793. The van der Waals surface area contributed by atoms with E-state index < -0.39 is 0 Å². The summed E-state index contributed by atoms with van der Waals surface area (Å²) in [6, 6.07) is 8.54. The second kappa shape index (κ2) is 6.99. The van der Waals surface area contributed by atoms with Crippen LogP contribution in [0.4, 0.5) is 5.69 Å². The number of hydrogen-bond acceptors (Lipinski definition) is 2. The molecule has 1 saturated heterocycles. The molecule has 1 amide bonds. The summed E-state index contributed by atoms with van der Waals surface area (Å²) in [6.45, 7) is 3.00. The van der Waals surface area contributed by atoms with E-state index in [2.05, 4.69) is 41.3 Å². The Hall–Kier alpha value is -1.77. The third-order valence-corrected chi connectivity index (χ3v) is 4.84. The molecule has 3 nitrogen and oxygen atoms in total. The first-order valence-electron chi connectivity index (χ1n) is 8.48. The van der Waals surface area contributed by atoms with E-state index in [-0.39, 0.29) is 5.92 Å². The number of anilines is 1. The normalized spacial score (nSPS) is 21.1. The lowest BCUT2D eigenvalue weighted by molar-refractivity contribution is -0.134. The van der Waals surface area contributed by atoms with Crippen molar-refractivity contribution in [3.05, 3.63) is 42.0 Å². The second-order valence-electron chi connectivity index (χ2n) is 6.50. The lowest BCUT2D eigenvalue weighted by Crippen LogP contribution is -2.33. The molecule has 0 radical (unpaired) electrons. The van der Waals surface area contributed by atoms with Gasteiger partial charge in [-0.25, -0.2) is 0 Å². The van der Waals surface area contributed by atoms with Crippen molar-refractivity contribution in [2.24, 2.45) is 5.92 Å². The van der Waals surface area contributed by atoms with E-state index in [4.69, 9.17) is 0 Å². The van der Waals surface area contributed by atoms with Gasteiger partial charge < -0.3 is 9.80 Å². The number of nitrogens with zero attached hydrogens (tertiary/aromatic N) is 2. The monoisotopic (exact) mass is 298 g/mol. The summed E-state index contributed by atoms with van der Waals surface area (Å²) in [6.07, 6.45) is 9.82. The van der Waals surface area contributed by atoms with Gasteiger partial charge in [-0.2, -0.15) is 0 Å². The largest absolute Gasteiger partial charge is 0.371 e. The zero-order chi connectivity index (χ0) is 15.4. The van der Waals surface area contributed by atoms with Crippen LogP contribution >= 0.6 is 0 Å². The molecule has 0 spiro atoms. The standard InChI is InChI=1S/C19H26N2O/c1-20(19(22)16-9-3-2-4-10-16)15-17-11-5-6-12-18(17)21-13-7-8-14-21/h2-3,5-6,11-12,16H,4,7-10,13-15H2,1H3. The zero-order valence-corrected chi connectivity index (χ0v) is 13.5. The lowest BCUT2D eigenvalue weighted by Gasteiger charge is -2.27. The van der Waals surface area contributed by atoms with Crippen LogP contribution in [0.2, 0.25) is 0 Å². The summed E-state index contributed by atoms with van der Waals surface area (Å²) in [4.78, 5) is 17.0. The summed E-state index contributed by atoms with van der Waals surface area (Å²) in [5.74, 6) is 0.467. The fraction of sp³-hybridized carbons (Fsp3) is 0.526. The van der Waals surface area contributed by atoms with Crippen molar-refractivity contribution in [2.45, 2.75) is 38.6 Å². The molecule has 22 heavy (non-hydrogen) atoms. The molecule has 1 aliphatic heterocycles. The van der Waals surface area contributed by atoms with Crippen LogP contribution in [-0.4, -0.2) is 30.9 Å². The molecule has 3 heteroatoms. The zero-order valence-electron chi connectivity index (χ0n) is 13.5. The van der Waals surface area contributed by atoms with E-state index >= 15 is 0 Å². The Morgan fingerprint density at radius 3 is 2.73 bits per heavy atom. The van der Waals surface area contributed by atoms with Gasteiger partial charge in [0, 0.05) is 38.3 Å². The number of benzene rings is 1. The molecule has 0 aromatic heterocycles. The van der Waals surface area contributed by atoms with Crippen LogP contribution in [0, 0.1) is 5.92 Å². The predicted molar refractivity (Wildman–Crippen MR) is 90.8 cm³/mol. The van der Waals surface area contributed by atoms with Gasteiger partial charge in [-0.15, -0.1) is 0 Å². The third kappa shape index (κ3) is 3.34. The Balaban J connectivity index is 1.69. The maximum absolute atomic E-state index is 12.6. The molecular weight excluding hydrogens is 272 g/mol. The first-order chi connectivity index (χ1) is 10.8. The molecule has 0 saturated carbocycles. The molecule has 1 aromatic rings. The highest BCUT2D eigenvalue weighted by Crippen LogP contribution is 2.26. The third-order valence-electron chi connectivity index (χ3n) is 4.84. The number of para-hydroxylation sites is 1. The van der Waals surface area contributed by atoms with Crippen molar-refractivity contribution < 1.29 is 4.79 Å². The van der Waals surface area contributed by atoms with E-state index in [1.54, 1.807) is 0 Å². The van der Waals surface area contributed by atoms with Crippen LogP contribution in [0.15, 0.2) is 36.4 Å². The van der Waals surface area contributed by atoms with E-state index in [9.17, 15) is 4.79 Å². The highest BCUT2D eigenvalue weighted by atomic mass is 16.2. The van der Waals surface area contributed by atoms with Crippen LogP contribution in [0.3, 0.4) is 0 Å². The summed E-state index contributed by atoms with van der Waals surface area (Å²) in [7, 11) is 1.95. The number of hydrogen-bond donors (Lipinski definition) is 0. The highest BCUT2D eigenvalue weighted by molar-refractivity contribution is 5.79. The van der Waals surface area contributed by atoms with Gasteiger partial charge in [0.15, 0.2) is 0 Å². The molecule has 3 rings (SSSR count). The Labute approximate surface area is 133 Å². The van der Waals surface area contributed by atoms with Gasteiger partial charge in [0.1, 0.15) is 0 Å². The molecule has 1 aromatic carbocycles. The minimum atomic E-state index is 0.175. The van der Waals surface area contributed by atoms with Crippen LogP contribution in [0.5, 0.6) is 0 Å². The van der Waals surface area contributed by atoms with Gasteiger partial charge in [-0.05, 0) is 43.7 Å². The molecule has 2 aliphatic rings. The van der Waals surface area contributed by atoms with Crippen LogP contribution < -0.4 is 4.90 Å². The number of carbonyl (C=O) groups excluding carboxylic acids is 1. The van der Waals surface area contributed by atoms with Crippen molar-refractivity contribution >= 4 is 11.6 Å². The second-order valence-corrected chi connectivity index (χ2v) is 6.50. The Bertz CT molecular complexity index is 546. The average molecular weight is 298 g/mol. The Morgan fingerprint density at radius 1 is 1.23 bits per heavy atom. The fourth-order valence-corrected chi connectivity index (χ4v) is 3.57. The minimum Gasteiger partial charge on any atom is -0.371 e. The van der Waals surface area contributed by atoms with Gasteiger partial charge in [-0.1, -0.05) is 30.4 Å². The SMILES string of the molecule is CN(Cc1ccccc1N1CCCC1)C(=O)C1CC=CCC1. The van der Waals surface area contributed by atoms with Gasteiger partial charge in [0.25, 0.3) is 0 Å². The lowest BCUT2D eigenvalue weighted by atomic mass is 9.93. The molecule has 0 N–H and O–H groups in total. The van der Waals surface area contributed by atoms with E-state index in [1.807, 2.05) is 11.9 Å². The number of carbonyl (C=O) groups is 1. The Morgan fingerprint density at radius 2 is 2.00 bits per heavy atom. The Kier molecular flexibility index (Phi) is 4.81. The maximum Gasteiger partial charge on any atom is 0.226 e. The van der Waals surface area contributed by atoms with Crippen molar-refractivity contribution in [2.75, 3.05) is 25.0 Å². The smallest absolute Gasteiger partial charge is 0.226 e. The van der Waals surface area contributed by atoms with Crippen LogP contribution in [-0.2, 0) is 11.3 Å². The van der Waals surface area contributed by atoms with E-state index in [0.717, 1.165) is 32.4 Å². The topological polar surface area (TPSA) is 23.6 Å². The average Bonchev–Trinajstić information content (AvgIpc) is 3.10. The number of amides is 1. The molecule has 1 atom stereocenters. The minimum absolute atomic E-state index is 0.175. The maximum atomic E-state index is 12.6. The van der Waals surface area contributed by atoms with Gasteiger partial charge in [0.05, 0.1) is 0 Å². The first kappa shape index (κ1) is 15.1. The van der Waals surface area contributed by atoms with Gasteiger partial charge >= 0.3 is 0 Å². The summed E-state index contributed by atoms with van der Waals surface area (Å²) < 4.78 is 0. The summed E-state index contributed by atoms with van der Waals surface area (Å²) in [5, 5.41) is 0. The van der Waals surface area contributed by atoms with Crippen molar-refractivity contribution in [3.63, 3.8) is 0 Å². The molecule has 1 aliphatic carbocycles. The molecule has 1 unspecified atom stereocenters. The molecule has 0 bridgehead atoms. The van der Waals surface area contributed by atoms with Crippen molar-refractivity contribution in [1.29, 1.82) is 0 Å². The van der Waals surface area contributed by atoms with Gasteiger partial charge in [-0.3, -0.25) is 4.79 Å². The van der Waals surface area contributed by atoms with E-state index in [1.165, 1.54) is 24.1 Å². The highest BCUT2D eigenvalue weighted by Gasteiger charge is 2.23. The number of rotatable bonds is 4. The van der Waals surface area contributed by atoms with Crippen LogP contribution in [0.25, 0.3) is 0 Å². The van der Waals surface area contributed by atoms with Crippen LogP contribution in [0.1, 0.15) is 37.7 Å². The number of allylic oxidation sites excluding steroid dienone is 2. The first-order valence-corrected chi connectivity index (χ1v) is 8.48.